The summed E-state index contributed by atoms with van der Waals surface area (Å²) >= 11 is 5.13. The maximum Gasteiger partial charge on any atom is 0.328 e. The van der Waals surface area contributed by atoms with Crippen molar-refractivity contribution in [3.05, 3.63) is 57.2 Å². The van der Waals surface area contributed by atoms with Crippen LogP contribution >= 0.6 is 12.2 Å². The van der Waals surface area contributed by atoms with Gasteiger partial charge in [0, 0.05) is 6.42 Å². The topological polar surface area (TPSA) is 96.7 Å². The molecule has 128 valence electrons. The summed E-state index contributed by atoms with van der Waals surface area (Å²) in [4.78, 5) is 14.7. The average Bonchev–Trinajstić information content (AvgIpc) is 2.95. The number of ether oxygens (including phenoxy) is 2. The molecule has 0 unspecified atom stereocenters. The Bertz CT molecular complexity index is 804. The van der Waals surface area contributed by atoms with Crippen molar-refractivity contribution in [3.63, 3.8) is 0 Å². The van der Waals surface area contributed by atoms with E-state index in [-0.39, 0.29) is 17.7 Å². The lowest BCUT2D eigenvalue weighted by atomic mass is 10.2. The van der Waals surface area contributed by atoms with Crippen LogP contribution in [0.3, 0.4) is 0 Å². The van der Waals surface area contributed by atoms with Crippen molar-refractivity contribution >= 4 is 12.2 Å². The lowest BCUT2D eigenvalue weighted by Crippen LogP contribution is -2.28. The molecule has 24 heavy (non-hydrogen) atoms. The van der Waals surface area contributed by atoms with Crippen LogP contribution in [0, 0.1) is 4.64 Å². The highest BCUT2D eigenvalue weighted by molar-refractivity contribution is 7.71. The van der Waals surface area contributed by atoms with Gasteiger partial charge in [0.05, 0.1) is 18.9 Å². The van der Waals surface area contributed by atoms with Gasteiger partial charge in [-0.2, -0.15) is 0 Å². The molecule has 1 aromatic heterocycles. The zero-order valence-corrected chi connectivity index (χ0v) is 13.6. The predicted molar refractivity (Wildman–Crippen MR) is 88.3 cm³/mol. The van der Waals surface area contributed by atoms with E-state index in [1.807, 2.05) is 30.3 Å². The maximum atomic E-state index is 12.1. The maximum absolute atomic E-state index is 12.1. The van der Waals surface area contributed by atoms with Crippen LogP contribution in [0.5, 0.6) is 5.75 Å². The predicted octanol–water partition coefficient (Wildman–Crippen LogP) is 1.13. The van der Waals surface area contributed by atoms with E-state index < -0.39 is 24.1 Å². The first-order valence-corrected chi connectivity index (χ1v) is 7.96. The van der Waals surface area contributed by atoms with Crippen molar-refractivity contribution < 1.29 is 19.7 Å². The van der Waals surface area contributed by atoms with Crippen molar-refractivity contribution in [1.29, 1.82) is 0 Å². The van der Waals surface area contributed by atoms with Gasteiger partial charge in [-0.3, -0.25) is 9.55 Å². The first-order valence-electron chi connectivity index (χ1n) is 7.55. The Morgan fingerprint density at radius 2 is 2.12 bits per heavy atom. The van der Waals surface area contributed by atoms with Gasteiger partial charge in [-0.25, -0.2) is 4.79 Å². The van der Waals surface area contributed by atoms with Crippen LogP contribution in [-0.4, -0.2) is 38.6 Å². The van der Waals surface area contributed by atoms with Gasteiger partial charge in [-0.1, -0.05) is 42.5 Å². The average molecular weight is 350 g/mol. The van der Waals surface area contributed by atoms with E-state index in [4.69, 9.17) is 26.8 Å². The van der Waals surface area contributed by atoms with Crippen LogP contribution in [0.25, 0.3) is 0 Å². The van der Waals surface area contributed by atoms with Gasteiger partial charge < -0.3 is 19.7 Å². The third-order valence-corrected chi connectivity index (χ3v) is 4.17. The quantitative estimate of drug-likeness (QED) is 0.700. The standard InChI is InChI=1S/C16H18N2O5S/c19-8-13-11(20)6-14(23-13)18-7-12(15(24)17-16(18)21)22-9-10-4-2-1-3-5-10/h1-5,7,11,13-14,19-20H,6,8-9H2,(H,17,21,24)/t11-,13+,14-/m1/s1. The molecule has 3 atom stereocenters. The Labute approximate surface area is 143 Å². The summed E-state index contributed by atoms with van der Waals surface area (Å²) in [7, 11) is 0. The van der Waals surface area contributed by atoms with Crippen LogP contribution in [0.4, 0.5) is 0 Å². The fourth-order valence-corrected chi connectivity index (χ4v) is 2.77. The lowest BCUT2D eigenvalue weighted by molar-refractivity contribution is -0.0461. The number of hydrogen-bond donors (Lipinski definition) is 3. The fourth-order valence-electron chi connectivity index (χ4n) is 2.57. The minimum atomic E-state index is -0.830. The van der Waals surface area contributed by atoms with Gasteiger partial charge in [-0.05, 0) is 5.56 Å². The number of benzene rings is 1. The summed E-state index contributed by atoms with van der Waals surface area (Å²) in [6.45, 7) is -0.00342. The van der Waals surface area contributed by atoms with E-state index in [1.165, 1.54) is 10.8 Å². The Morgan fingerprint density at radius 1 is 1.38 bits per heavy atom. The van der Waals surface area contributed by atoms with E-state index >= 15 is 0 Å². The number of aromatic amines is 1. The van der Waals surface area contributed by atoms with Gasteiger partial charge in [0.1, 0.15) is 18.9 Å². The molecule has 0 aliphatic carbocycles. The molecule has 0 radical (unpaired) electrons. The molecule has 1 saturated heterocycles. The van der Waals surface area contributed by atoms with Crippen molar-refractivity contribution in [2.75, 3.05) is 6.61 Å². The summed E-state index contributed by atoms with van der Waals surface area (Å²) in [5.74, 6) is 0.346. The summed E-state index contributed by atoms with van der Waals surface area (Å²) < 4.78 is 12.7. The van der Waals surface area contributed by atoms with Gasteiger partial charge in [0.25, 0.3) is 0 Å². The van der Waals surface area contributed by atoms with Crippen LogP contribution < -0.4 is 10.4 Å². The van der Waals surface area contributed by atoms with E-state index in [0.29, 0.717) is 12.4 Å². The number of aromatic nitrogens is 2. The molecular weight excluding hydrogens is 332 g/mol. The smallest absolute Gasteiger partial charge is 0.328 e. The summed E-state index contributed by atoms with van der Waals surface area (Å²) in [5, 5.41) is 19.0. The first kappa shape index (κ1) is 16.8. The minimum absolute atomic E-state index is 0.199. The normalized spacial score (nSPS) is 23.3. The number of aliphatic hydroxyl groups is 2. The minimum Gasteiger partial charge on any atom is -0.484 e. The number of H-pyrrole nitrogens is 1. The number of nitrogens with one attached hydrogen (secondary N) is 1. The van der Waals surface area contributed by atoms with Crippen molar-refractivity contribution in [2.45, 2.75) is 31.5 Å². The Morgan fingerprint density at radius 3 is 2.79 bits per heavy atom. The molecule has 0 spiro atoms. The van der Waals surface area contributed by atoms with E-state index in [0.717, 1.165) is 5.56 Å². The molecule has 2 aromatic rings. The highest BCUT2D eigenvalue weighted by Crippen LogP contribution is 2.28. The second-order valence-corrected chi connectivity index (χ2v) is 5.96. The molecule has 3 rings (SSSR count). The molecule has 7 nitrogen and oxygen atoms in total. The van der Waals surface area contributed by atoms with Crippen molar-refractivity contribution in [2.24, 2.45) is 0 Å². The summed E-state index contributed by atoms with van der Waals surface area (Å²) in [6.07, 6.45) is -0.548. The molecular formula is C16H18N2O5S. The van der Waals surface area contributed by atoms with Crippen LogP contribution in [0.2, 0.25) is 0 Å². The number of hydrogen-bond acceptors (Lipinski definition) is 6. The van der Waals surface area contributed by atoms with Crippen LogP contribution in [0.15, 0.2) is 41.3 Å². The third kappa shape index (κ3) is 3.57. The summed E-state index contributed by atoms with van der Waals surface area (Å²) in [5.41, 5.74) is 0.514. The third-order valence-electron chi connectivity index (χ3n) is 3.87. The zero-order valence-electron chi connectivity index (χ0n) is 12.8. The fraction of sp³-hybridized carbons (Fsp3) is 0.375. The largest absolute Gasteiger partial charge is 0.484 e. The van der Waals surface area contributed by atoms with Crippen LogP contribution in [-0.2, 0) is 11.3 Å². The molecule has 0 amide bonds. The molecule has 1 aromatic carbocycles. The SMILES string of the molecule is O=c1[nH]c(=S)c(OCc2ccccc2)cn1[C@H]1C[C@@H](O)[C@H](CO)O1. The lowest BCUT2D eigenvalue weighted by Gasteiger charge is -2.16. The van der Waals surface area contributed by atoms with Gasteiger partial charge in [-0.15, -0.1) is 0 Å². The second kappa shape index (κ2) is 7.27. The number of aliphatic hydroxyl groups excluding tert-OH is 2. The summed E-state index contributed by atoms with van der Waals surface area (Å²) in [6, 6.07) is 9.57. The highest BCUT2D eigenvalue weighted by atomic mass is 32.1. The highest BCUT2D eigenvalue weighted by Gasteiger charge is 2.35. The Hall–Kier alpha value is -2.00. The van der Waals surface area contributed by atoms with Gasteiger partial charge >= 0.3 is 5.69 Å². The molecule has 3 N–H and O–H groups in total. The van der Waals surface area contributed by atoms with E-state index in [9.17, 15) is 9.90 Å². The molecule has 0 saturated carbocycles. The Balaban J connectivity index is 1.81. The molecule has 1 aliphatic rings. The number of rotatable bonds is 5. The van der Waals surface area contributed by atoms with E-state index in [2.05, 4.69) is 4.98 Å². The monoisotopic (exact) mass is 350 g/mol. The van der Waals surface area contributed by atoms with E-state index in [1.54, 1.807) is 0 Å². The van der Waals surface area contributed by atoms with Gasteiger partial charge in [0.2, 0.25) is 0 Å². The number of nitrogens with zero attached hydrogens (tertiary/aromatic N) is 1. The Kier molecular flexibility index (Phi) is 5.10. The zero-order chi connectivity index (χ0) is 17.1. The molecule has 8 heteroatoms. The van der Waals surface area contributed by atoms with Crippen molar-refractivity contribution in [1.82, 2.24) is 9.55 Å². The second-order valence-electron chi connectivity index (χ2n) is 5.55. The molecule has 0 bridgehead atoms. The first-order chi connectivity index (χ1) is 11.6. The van der Waals surface area contributed by atoms with Gasteiger partial charge in [0.15, 0.2) is 10.4 Å². The van der Waals surface area contributed by atoms with Crippen molar-refractivity contribution in [3.8, 4) is 5.75 Å². The van der Waals surface area contributed by atoms with Crippen LogP contribution in [0.1, 0.15) is 18.2 Å². The molecule has 1 fully saturated rings. The molecule has 2 heterocycles. The molecule has 1 aliphatic heterocycles.